The fourth-order valence-electron chi connectivity index (χ4n) is 3.01. The van der Waals surface area contributed by atoms with Crippen LogP contribution in [0.3, 0.4) is 0 Å². The highest BCUT2D eigenvalue weighted by molar-refractivity contribution is 5.94. The Morgan fingerprint density at radius 2 is 1.92 bits per heavy atom. The van der Waals surface area contributed by atoms with Gasteiger partial charge in [-0.25, -0.2) is 9.67 Å². The Bertz CT molecular complexity index is 759. The molecule has 7 nitrogen and oxygen atoms in total. The monoisotopic (exact) mass is 328 g/mol. The summed E-state index contributed by atoms with van der Waals surface area (Å²) < 4.78 is 1.74. The van der Waals surface area contributed by atoms with Gasteiger partial charge in [0.1, 0.15) is 0 Å². The van der Waals surface area contributed by atoms with E-state index in [1.165, 1.54) is 0 Å². The zero-order valence-electron chi connectivity index (χ0n) is 13.8. The number of hydrogen-bond donors (Lipinski definition) is 1. The fraction of sp³-hybridized carbons (Fsp3) is 0.412. The van der Waals surface area contributed by atoms with Crippen LogP contribution >= 0.6 is 0 Å². The van der Waals surface area contributed by atoms with E-state index in [0.29, 0.717) is 37.3 Å². The molecule has 1 N–H and O–H groups in total. The molecule has 0 radical (unpaired) electrons. The lowest BCUT2D eigenvalue weighted by molar-refractivity contribution is -0.143. The lowest BCUT2D eigenvalue weighted by Crippen LogP contribution is -2.40. The summed E-state index contributed by atoms with van der Waals surface area (Å²) in [6, 6.07) is 5.48. The van der Waals surface area contributed by atoms with Crippen molar-refractivity contribution in [2.75, 3.05) is 13.1 Å². The SMILES string of the molecule is Cc1cc(C)n(-c2ccc(C(=O)N3CCC(C(=O)O)CC3)cn2)n1. The second kappa shape index (κ2) is 6.43. The van der Waals surface area contributed by atoms with Crippen molar-refractivity contribution in [3.8, 4) is 5.82 Å². The zero-order valence-corrected chi connectivity index (χ0v) is 13.8. The Morgan fingerprint density at radius 1 is 1.21 bits per heavy atom. The quantitative estimate of drug-likeness (QED) is 0.928. The van der Waals surface area contributed by atoms with Gasteiger partial charge in [0.15, 0.2) is 5.82 Å². The lowest BCUT2D eigenvalue weighted by Gasteiger charge is -2.30. The fourth-order valence-corrected chi connectivity index (χ4v) is 3.01. The van der Waals surface area contributed by atoms with Gasteiger partial charge in [-0.3, -0.25) is 9.59 Å². The molecule has 1 aliphatic rings. The third-order valence-electron chi connectivity index (χ3n) is 4.35. The summed E-state index contributed by atoms with van der Waals surface area (Å²) in [6.45, 7) is 4.81. The van der Waals surface area contributed by atoms with Crippen LogP contribution in [0.1, 0.15) is 34.6 Å². The van der Waals surface area contributed by atoms with Gasteiger partial charge in [0, 0.05) is 25.0 Å². The first kappa shape index (κ1) is 16.2. The molecule has 0 aliphatic carbocycles. The summed E-state index contributed by atoms with van der Waals surface area (Å²) in [7, 11) is 0. The second-order valence-corrected chi connectivity index (χ2v) is 6.15. The van der Waals surface area contributed by atoms with Gasteiger partial charge in [-0.1, -0.05) is 0 Å². The van der Waals surface area contributed by atoms with Crippen LogP contribution < -0.4 is 0 Å². The van der Waals surface area contributed by atoms with Gasteiger partial charge in [0.25, 0.3) is 5.91 Å². The van der Waals surface area contributed by atoms with E-state index < -0.39 is 5.97 Å². The van der Waals surface area contributed by atoms with Gasteiger partial charge in [-0.05, 0) is 44.9 Å². The molecule has 1 fully saturated rings. The number of likely N-dealkylation sites (tertiary alicyclic amines) is 1. The molecule has 0 saturated carbocycles. The molecule has 24 heavy (non-hydrogen) atoms. The summed E-state index contributed by atoms with van der Waals surface area (Å²) >= 11 is 0. The van der Waals surface area contributed by atoms with Gasteiger partial charge >= 0.3 is 5.97 Å². The standard InChI is InChI=1S/C17H20N4O3/c1-11-9-12(2)21(19-11)15-4-3-14(10-18-15)16(22)20-7-5-13(6-8-20)17(23)24/h3-4,9-10,13H,5-8H2,1-2H3,(H,23,24). The number of pyridine rings is 1. The molecule has 0 spiro atoms. The van der Waals surface area contributed by atoms with Crippen molar-refractivity contribution in [3.05, 3.63) is 41.3 Å². The van der Waals surface area contributed by atoms with Crippen molar-refractivity contribution in [1.82, 2.24) is 19.7 Å². The Morgan fingerprint density at radius 3 is 2.42 bits per heavy atom. The molecular formula is C17H20N4O3. The predicted molar refractivity (Wildman–Crippen MR) is 87.1 cm³/mol. The Kier molecular flexibility index (Phi) is 4.33. The minimum atomic E-state index is -0.780. The summed E-state index contributed by atoms with van der Waals surface area (Å²) in [4.78, 5) is 29.5. The van der Waals surface area contributed by atoms with Crippen molar-refractivity contribution in [3.63, 3.8) is 0 Å². The number of carbonyl (C=O) groups excluding carboxylic acids is 1. The van der Waals surface area contributed by atoms with Crippen LogP contribution in [0.15, 0.2) is 24.4 Å². The number of aromatic nitrogens is 3. The van der Waals surface area contributed by atoms with E-state index in [2.05, 4.69) is 10.1 Å². The highest BCUT2D eigenvalue weighted by Gasteiger charge is 2.27. The van der Waals surface area contributed by atoms with Crippen LogP contribution in [0.25, 0.3) is 5.82 Å². The number of carboxylic acid groups (broad SMARTS) is 1. The van der Waals surface area contributed by atoms with Crippen molar-refractivity contribution < 1.29 is 14.7 Å². The van der Waals surface area contributed by atoms with E-state index >= 15 is 0 Å². The van der Waals surface area contributed by atoms with E-state index in [-0.39, 0.29) is 11.8 Å². The molecule has 3 rings (SSSR count). The van der Waals surface area contributed by atoms with E-state index in [9.17, 15) is 9.59 Å². The first-order chi connectivity index (χ1) is 11.5. The molecule has 1 amide bonds. The number of carboxylic acids is 1. The smallest absolute Gasteiger partial charge is 0.306 e. The van der Waals surface area contributed by atoms with Crippen LogP contribution in [-0.2, 0) is 4.79 Å². The molecule has 0 unspecified atom stereocenters. The van der Waals surface area contributed by atoms with Crippen LogP contribution in [0.5, 0.6) is 0 Å². The molecule has 0 atom stereocenters. The van der Waals surface area contributed by atoms with Gasteiger partial charge in [-0.15, -0.1) is 0 Å². The molecule has 126 valence electrons. The molecular weight excluding hydrogens is 308 g/mol. The van der Waals surface area contributed by atoms with E-state index in [0.717, 1.165) is 11.4 Å². The molecule has 2 aromatic heterocycles. The maximum absolute atomic E-state index is 12.5. The molecule has 2 aromatic rings. The van der Waals surface area contributed by atoms with Crippen LogP contribution in [-0.4, -0.2) is 49.7 Å². The molecule has 7 heteroatoms. The number of amides is 1. The largest absolute Gasteiger partial charge is 0.481 e. The summed E-state index contributed by atoms with van der Waals surface area (Å²) in [5.41, 5.74) is 2.40. The molecule has 0 aromatic carbocycles. The molecule has 1 saturated heterocycles. The maximum atomic E-state index is 12.5. The van der Waals surface area contributed by atoms with Gasteiger partial charge in [0.05, 0.1) is 17.2 Å². The van der Waals surface area contributed by atoms with E-state index in [1.807, 2.05) is 19.9 Å². The predicted octanol–water partition coefficient (Wildman–Crippen LogP) is 1.82. The van der Waals surface area contributed by atoms with Crippen molar-refractivity contribution >= 4 is 11.9 Å². The zero-order chi connectivity index (χ0) is 17.3. The highest BCUT2D eigenvalue weighted by Crippen LogP contribution is 2.19. The lowest BCUT2D eigenvalue weighted by atomic mass is 9.97. The number of aliphatic carboxylic acids is 1. The molecule has 1 aliphatic heterocycles. The normalized spacial score (nSPS) is 15.5. The van der Waals surface area contributed by atoms with E-state index in [1.54, 1.807) is 27.9 Å². The average molecular weight is 328 g/mol. The topological polar surface area (TPSA) is 88.3 Å². The number of nitrogens with zero attached hydrogens (tertiary/aromatic N) is 4. The van der Waals surface area contributed by atoms with Crippen LogP contribution in [0.4, 0.5) is 0 Å². The summed E-state index contributed by atoms with van der Waals surface area (Å²) in [6.07, 6.45) is 2.55. The molecule has 0 bridgehead atoms. The average Bonchev–Trinajstić information content (AvgIpc) is 2.93. The third-order valence-corrected chi connectivity index (χ3v) is 4.35. The first-order valence-electron chi connectivity index (χ1n) is 7.97. The van der Waals surface area contributed by atoms with Crippen LogP contribution in [0.2, 0.25) is 0 Å². The number of carbonyl (C=O) groups is 2. The van der Waals surface area contributed by atoms with Gasteiger partial charge in [-0.2, -0.15) is 5.10 Å². The maximum Gasteiger partial charge on any atom is 0.306 e. The Labute approximate surface area is 139 Å². The second-order valence-electron chi connectivity index (χ2n) is 6.15. The first-order valence-corrected chi connectivity index (χ1v) is 7.97. The number of piperidine rings is 1. The van der Waals surface area contributed by atoms with E-state index in [4.69, 9.17) is 5.11 Å². The molecule has 3 heterocycles. The summed E-state index contributed by atoms with van der Waals surface area (Å²) in [5.74, 6) is -0.563. The van der Waals surface area contributed by atoms with Crippen molar-refractivity contribution in [1.29, 1.82) is 0 Å². The number of hydrogen-bond acceptors (Lipinski definition) is 4. The minimum Gasteiger partial charge on any atom is -0.481 e. The highest BCUT2D eigenvalue weighted by atomic mass is 16.4. The minimum absolute atomic E-state index is 0.105. The van der Waals surface area contributed by atoms with Gasteiger partial charge in [0.2, 0.25) is 0 Å². The Balaban J connectivity index is 1.71. The van der Waals surface area contributed by atoms with Crippen molar-refractivity contribution in [2.24, 2.45) is 5.92 Å². The summed E-state index contributed by atoms with van der Waals surface area (Å²) in [5, 5.41) is 13.4. The van der Waals surface area contributed by atoms with Gasteiger partial charge < -0.3 is 10.0 Å². The Hall–Kier alpha value is -2.70. The third kappa shape index (κ3) is 3.15. The van der Waals surface area contributed by atoms with Crippen LogP contribution in [0, 0.1) is 19.8 Å². The van der Waals surface area contributed by atoms with Crippen molar-refractivity contribution in [2.45, 2.75) is 26.7 Å². The number of rotatable bonds is 3. The number of aryl methyl sites for hydroxylation is 2.